The monoisotopic (exact) mass is 334 g/mol. The van der Waals surface area contributed by atoms with Crippen molar-refractivity contribution in [2.24, 2.45) is 0 Å². The third-order valence-corrected chi connectivity index (χ3v) is 4.17. The van der Waals surface area contributed by atoms with Crippen LogP contribution in [0.4, 0.5) is 0 Å². The Bertz CT molecular complexity index is 1130. The average Bonchev–Trinajstić information content (AvgIpc) is 3.02. The highest BCUT2D eigenvalue weighted by Gasteiger charge is 2.16. The number of hydrogen-bond acceptors (Lipinski definition) is 4. The first kappa shape index (κ1) is 15.4. The summed E-state index contributed by atoms with van der Waals surface area (Å²) in [6, 6.07) is 13.4. The quantitative estimate of drug-likeness (QED) is 0.622. The van der Waals surface area contributed by atoms with Gasteiger partial charge < -0.3 is 9.72 Å². The predicted molar refractivity (Wildman–Crippen MR) is 97.1 cm³/mol. The van der Waals surface area contributed by atoms with Gasteiger partial charge in [-0.15, -0.1) is 0 Å². The van der Waals surface area contributed by atoms with Gasteiger partial charge in [-0.25, -0.2) is 9.97 Å². The number of imidazole rings is 1. The third-order valence-electron chi connectivity index (χ3n) is 4.17. The van der Waals surface area contributed by atoms with Crippen molar-refractivity contribution in [2.75, 3.05) is 6.61 Å². The molecule has 1 aromatic carbocycles. The van der Waals surface area contributed by atoms with E-state index < -0.39 is 0 Å². The second kappa shape index (κ2) is 6.05. The minimum absolute atomic E-state index is 0.253. The normalized spacial score (nSPS) is 11.3. The molecule has 1 N–H and O–H groups in total. The lowest BCUT2D eigenvalue weighted by Crippen LogP contribution is -2.11. The predicted octanol–water partition coefficient (Wildman–Crippen LogP) is 3.20. The third kappa shape index (κ3) is 2.46. The number of aromatic amines is 1. The number of aryl methyl sites for hydroxylation is 1. The van der Waals surface area contributed by atoms with E-state index in [1.54, 1.807) is 0 Å². The lowest BCUT2D eigenvalue weighted by molar-refractivity contribution is 0.341. The van der Waals surface area contributed by atoms with Crippen LogP contribution in [0.3, 0.4) is 0 Å². The Labute approximate surface area is 144 Å². The van der Waals surface area contributed by atoms with Gasteiger partial charge in [-0.05, 0) is 37.6 Å². The fourth-order valence-corrected chi connectivity index (χ4v) is 3.05. The molecular formula is C19H18N4O2. The van der Waals surface area contributed by atoms with Crippen LogP contribution in [-0.4, -0.2) is 26.0 Å². The minimum atomic E-state index is -0.253. The average molecular weight is 334 g/mol. The highest BCUT2D eigenvalue weighted by atomic mass is 16.5. The number of hydrogen-bond donors (Lipinski definition) is 1. The van der Waals surface area contributed by atoms with E-state index in [0.717, 1.165) is 23.3 Å². The number of fused-ring (bicyclic) bond motifs is 3. The molecule has 0 saturated heterocycles. The van der Waals surface area contributed by atoms with Gasteiger partial charge in [0.25, 0.3) is 5.56 Å². The highest BCUT2D eigenvalue weighted by Crippen LogP contribution is 2.27. The van der Waals surface area contributed by atoms with Crippen LogP contribution in [0.15, 0.2) is 47.3 Å². The summed E-state index contributed by atoms with van der Waals surface area (Å²) in [7, 11) is 0. The van der Waals surface area contributed by atoms with Gasteiger partial charge in [0.05, 0.1) is 12.2 Å². The van der Waals surface area contributed by atoms with Crippen LogP contribution in [0.1, 0.15) is 19.5 Å². The zero-order valence-corrected chi connectivity index (χ0v) is 14.1. The van der Waals surface area contributed by atoms with E-state index in [2.05, 4.69) is 16.9 Å². The fourth-order valence-electron chi connectivity index (χ4n) is 3.05. The Morgan fingerprint density at radius 1 is 1.08 bits per heavy atom. The molecule has 4 aromatic rings. The number of aromatic nitrogens is 4. The molecule has 0 radical (unpaired) electrons. The number of nitrogens with zero attached hydrogens (tertiary/aromatic N) is 3. The number of nitrogens with one attached hydrogen (secondary N) is 1. The molecule has 0 aliphatic carbocycles. The molecule has 0 spiro atoms. The van der Waals surface area contributed by atoms with E-state index in [1.807, 2.05) is 53.8 Å². The van der Waals surface area contributed by atoms with Crippen LogP contribution in [0.25, 0.3) is 28.2 Å². The van der Waals surface area contributed by atoms with E-state index in [1.165, 1.54) is 0 Å². The van der Waals surface area contributed by atoms with Gasteiger partial charge in [0.15, 0.2) is 11.2 Å². The number of H-pyrrole nitrogens is 1. The van der Waals surface area contributed by atoms with Crippen LogP contribution in [0.5, 0.6) is 5.75 Å². The number of para-hydroxylation sites is 1. The lowest BCUT2D eigenvalue weighted by atomic mass is 10.2. The molecule has 6 heteroatoms. The van der Waals surface area contributed by atoms with Crippen LogP contribution < -0.4 is 10.3 Å². The van der Waals surface area contributed by atoms with E-state index in [0.29, 0.717) is 29.3 Å². The Kier molecular flexibility index (Phi) is 3.72. The largest absolute Gasteiger partial charge is 0.493 e. The van der Waals surface area contributed by atoms with Gasteiger partial charge in [0.1, 0.15) is 17.2 Å². The molecule has 0 unspecified atom stereocenters. The molecule has 25 heavy (non-hydrogen) atoms. The summed E-state index contributed by atoms with van der Waals surface area (Å²) in [5.41, 5.74) is 3.20. The first-order chi connectivity index (χ1) is 12.2. The van der Waals surface area contributed by atoms with Crippen LogP contribution in [0.2, 0.25) is 0 Å². The second-order valence-corrected chi connectivity index (χ2v) is 5.69. The number of benzene rings is 1. The summed E-state index contributed by atoms with van der Waals surface area (Å²) in [6.07, 6.45) is 0.822. The molecule has 6 nitrogen and oxygen atoms in total. The summed E-state index contributed by atoms with van der Waals surface area (Å²) in [5.74, 6) is 1.17. The van der Waals surface area contributed by atoms with E-state index >= 15 is 0 Å². The topological polar surface area (TPSA) is 72.3 Å². The maximum absolute atomic E-state index is 12.6. The maximum atomic E-state index is 12.6. The van der Waals surface area contributed by atoms with Crippen molar-refractivity contribution in [3.05, 3.63) is 58.5 Å². The molecule has 0 bridgehead atoms. The minimum Gasteiger partial charge on any atom is -0.493 e. The lowest BCUT2D eigenvalue weighted by Gasteiger charge is -2.09. The molecule has 3 aromatic heterocycles. The van der Waals surface area contributed by atoms with Crippen LogP contribution in [-0.2, 0) is 6.42 Å². The molecule has 0 amide bonds. The molecule has 0 aliphatic rings. The van der Waals surface area contributed by atoms with Crippen molar-refractivity contribution in [3.63, 3.8) is 0 Å². The summed E-state index contributed by atoms with van der Waals surface area (Å²) < 4.78 is 7.61. The Hall–Kier alpha value is -3.15. The second-order valence-electron chi connectivity index (χ2n) is 5.69. The van der Waals surface area contributed by atoms with Gasteiger partial charge in [-0.1, -0.05) is 25.1 Å². The van der Waals surface area contributed by atoms with Gasteiger partial charge in [0.2, 0.25) is 0 Å². The van der Waals surface area contributed by atoms with Crippen molar-refractivity contribution in [2.45, 2.75) is 20.3 Å². The van der Waals surface area contributed by atoms with E-state index in [9.17, 15) is 4.79 Å². The molecule has 0 aliphatic heterocycles. The first-order valence-corrected chi connectivity index (χ1v) is 8.35. The Balaban J connectivity index is 2.05. The van der Waals surface area contributed by atoms with Crippen LogP contribution >= 0.6 is 0 Å². The zero-order chi connectivity index (χ0) is 17.4. The molecule has 126 valence electrons. The highest BCUT2D eigenvalue weighted by molar-refractivity contribution is 5.79. The maximum Gasteiger partial charge on any atom is 0.279 e. The smallest absolute Gasteiger partial charge is 0.279 e. The summed E-state index contributed by atoms with van der Waals surface area (Å²) in [6.45, 7) is 4.53. The Morgan fingerprint density at radius 2 is 1.92 bits per heavy atom. The standard InChI is InChI=1S/C19H18N4O2/c1-3-12-8-7-11-15-20-16-18(23(12)15)21-17(22-19(16)24)13-9-5-6-10-14(13)25-4-2/h5-11H,3-4H2,1-2H3,(H,21,22,24). The number of ether oxygens (including phenoxy) is 1. The summed E-state index contributed by atoms with van der Waals surface area (Å²) >= 11 is 0. The SMILES string of the molecule is CCOc1ccccc1-c1nc2c(nc3cccc(CC)n32)c(=O)[nH]1. The molecule has 0 fully saturated rings. The molecule has 0 saturated carbocycles. The molecule has 4 rings (SSSR count). The summed E-state index contributed by atoms with van der Waals surface area (Å²) in [4.78, 5) is 24.6. The van der Waals surface area contributed by atoms with Gasteiger partial charge in [0, 0.05) is 5.69 Å². The van der Waals surface area contributed by atoms with Gasteiger partial charge in [-0.3, -0.25) is 9.20 Å². The number of pyridine rings is 1. The molecular weight excluding hydrogens is 316 g/mol. The fraction of sp³-hybridized carbons (Fsp3) is 0.211. The molecule has 3 heterocycles. The van der Waals surface area contributed by atoms with Gasteiger partial charge >= 0.3 is 0 Å². The van der Waals surface area contributed by atoms with E-state index in [4.69, 9.17) is 9.72 Å². The van der Waals surface area contributed by atoms with Crippen molar-refractivity contribution in [1.29, 1.82) is 0 Å². The zero-order valence-electron chi connectivity index (χ0n) is 14.1. The van der Waals surface area contributed by atoms with Crippen molar-refractivity contribution in [1.82, 2.24) is 19.4 Å². The van der Waals surface area contributed by atoms with Crippen molar-refractivity contribution < 1.29 is 4.74 Å². The number of rotatable bonds is 4. The van der Waals surface area contributed by atoms with Gasteiger partial charge in [-0.2, -0.15) is 0 Å². The Morgan fingerprint density at radius 3 is 2.72 bits per heavy atom. The van der Waals surface area contributed by atoms with Crippen molar-refractivity contribution in [3.8, 4) is 17.1 Å². The molecule has 0 atom stereocenters. The van der Waals surface area contributed by atoms with Crippen LogP contribution in [0, 0.1) is 0 Å². The van der Waals surface area contributed by atoms with E-state index in [-0.39, 0.29) is 5.56 Å². The first-order valence-electron chi connectivity index (χ1n) is 8.35. The summed E-state index contributed by atoms with van der Waals surface area (Å²) in [5, 5.41) is 0. The van der Waals surface area contributed by atoms with Crippen molar-refractivity contribution >= 4 is 16.8 Å².